The monoisotopic (exact) mass is 532 g/mol. The largest absolute Gasteiger partial charge is 0.492 e. The van der Waals surface area contributed by atoms with Gasteiger partial charge in [0, 0.05) is 34.6 Å². The third-order valence-corrected chi connectivity index (χ3v) is 6.96. The molecule has 0 aliphatic carbocycles. The Kier molecular flexibility index (Phi) is 10.6. The van der Waals surface area contributed by atoms with Crippen molar-refractivity contribution in [2.24, 2.45) is 11.8 Å². The Morgan fingerprint density at radius 3 is 2.55 bits per heavy atom. The van der Waals surface area contributed by atoms with Crippen LogP contribution >= 0.6 is 0 Å². The number of carboxylic acid groups (broad SMARTS) is 1. The molecule has 0 spiro atoms. The highest BCUT2D eigenvalue weighted by atomic mass is 19.1. The van der Waals surface area contributed by atoms with Crippen LogP contribution < -0.4 is 10.1 Å². The fourth-order valence-electron chi connectivity index (χ4n) is 4.95. The van der Waals surface area contributed by atoms with E-state index in [2.05, 4.69) is 24.1 Å². The van der Waals surface area contributed by atoms with Crippen molar-refractivity contribution in [1.82, 2.24) is 10.3 Å². The molecule has 1 aromatic heterocycles. The van der Waals surface area contributed by atoms with Gasteiger partial charge in [0.2, 0.25) is 0 Å². The van der Waals surface area contributed by atoms with Crippen molar-refractivity contribution < 1.29 is 27.8 Å². The van der Waals surface area contributed by atoms with Crippen LogP contribution in [0.3, 0.4) is 0 Å². The second-order valence-corrected chi connectivity index (χ2v) is 10.4. The molecule has 0 aliphatic heterocycles. The van der Waals surface area contributed by atoms with Crippen LogP contribution in [0.25, 0.3) is 10.9 Å². The lowest BCUT2D eigenvalue weighted by atomic mass is 9.82. The first-order valence-corrected chi connectivity index (χ1v) is 13.3. The van der Waals surface area contributed by atoms with Gasteiger partial charge in [0.05, 0.1) is 12.6 Å². The molecule has 38 heavy (non-hydrogen) atoms. The Labute approximate surface area is 222 Å². The van der Waals surface area contributed by atoms with Crippen LogP contribution in [-0.2, 0) is 11.2 Å². The molecule has 0 saturated heterocycles. The standard InChI is InChI=1S/C30H39F3N2O3/c1-18(2)16-24-23-17-21(32)7-10-26(23)35-29(24)22(8-6-19(3)30(36)37)28-20(4)27(11-9-25(28)33)38-15-14-34-13-5-12-31/h7,9-11,17-19,22,34-35H,5-6,8,12-16H2,1-4H3,(H,36,37)/t19-,22+/m0/s1. The maximum atomic E-state index is 15.6. The normalized spacial score (nSPS) is 13.3. The van der Waals surface area contributed by atoms with E-state index in [4.69, 9.17) is 4.74 Å². The van der Waals surface area contributed by atoms with Crippen molar-refractivity contribution in [3.8, 4) is 5.75 Å². The molecule has 0 unspecified atom stereocenters. The average molecular weight is 533 g/mol. The number of nitrogens with one attached hydrogen (secondary N) is 2. The molecule has 8 heteroatoms. The summed E-state index contributed by atoms with van der Waals surface area (Å²) in [5, 5.41) is 13.4. The molecule has 5 nitrogen and oxygen atoms in total. The number of alkyl halides is 1. The van der Waals surface area contributed by atoms with E-state index in [1.807, 2.05) is 6.92 Å². The molecule has 208 valence electrons. The minimum absolute atomic E-state index is 0.264. The molecule has 0 aliphatic rings. The van der Waals surface area contributed by atoms with Crippen LogP contribution in [0.2, 0.25) is 0 Å². The Bertz CT molecular complexity index is 1230. The maximum Gasteiger partial charge on any atom is 0.306 e. The summed E-state index contributed by atoms with van der Waals surface area (Å²) in [7, 11) is 0. The Morgan fingerprint density at radius 2 is 1.87 bits per heavy atom. The van der Waals surface area contributed by atoms with E-state index in [9.17, 15) is 18.7 Å². The molecular formula is C30H39F3N2O3. The Morgan fingerprint density at radius 1 is 1.11 bits per heavy atom. The zero-order chi connectivity index (χ0) is 27.8. The van der Waals surface area contributed by atoms with Gasteiger partial charge in [-0.3, -0.25) is 9.18 Å². The van der Waals surface area contributed by atoms with Crippen LogP contribution in [0.4, 0.5) is 13.2 Å². The van der Waals surface area contributed by atoms with Gasteiger partial charge < -0.3 is 20.1 Å². The van der Waals surface area contributed by atoms with Crippen molar-refractivity contribution >= 4 is 16.9 Å². The number of aliphatic carboxylic acids is 1. The van der Waals surface area contributed by atoms with E-state index in [1.54, 1.807) is 19.1 Å². The van der Waals surface area contributed by atoms with Gasteiger partial charge in [-0.25, -0.2) is 8.78 Å². The van der Waals surface area contributed by atoms with Crippen LogP contribution in [0.1, 0.15) is 68.3 Å². The predicted octanol–water partition coefficient (Wildman–Crippen LogP) is 6.91. The summed E-state index contributed by atoms with van der Waals surface area (Å²) >= 11 is 0. The van der Waals surface area contributed by atoms with E-state index in [-0.39, 0.29) is 18.4 Å². The van der Waals surface area contributed by atoms with E-state index in [0.717, 1.165) is 22.2 Å². The van der Waals surface area contributed by atoms with E-state index < -0.39 is 23.6 Å². The Balaban J connectivity index is 2.06. The molecule has 0 amide bonds. The summed E-state index contributed by atoms with van der Waals surface area (Å²) in [5.41, 5.74) is 3.55. The van der Waals surface area contributed by atoms with Crippen LogP contribution in [0.5, 0.6) is 5.75 Å². The number of halogens is 3. The molecule has 1 heterocycles. The third-order valence-electron chi connectivity index (χ3n) is 6.96. The second kappa shape index (κ2) is 13.7. The van der Waals surface area contributed by atoms with E-state index in [0.29, 0.717) is 62.3 Å². The SMILES string of the molecule is Cc1c(OCCNCCCF)ccc(F)c1[C@@H](CC[C@H](C)C(=O)O)c1[nH]c2ccc(F)cc2c1CC(C)C. The first kappa shape index (κ1) is 29.6. The minimum Gasteiger partial charge on any atom is -0.492 e. The third kappa shape index (κ3) is 7.31. The first-order valence-electron chi connectivity index (χ1n) is 13.3. The number of rotatable bonds is 15. The summed E-state index contributed by atoms with van der Waals surface area (Å²) in [6, 6.07) is 7.57. The van der Waals surface area contributed by atoms with Gasteiger partial charge in [-0.2, -0.15) is 0 Å². The number of H-pyrrole nitrogens is 1. The molecule has 0 bridgehead atoms. The summed E-state index contributed by atoms with van der Waals surface area (Å²) in [4.78, 5) is 15.0. The zero-order valence-corrected chi connectivity index (χ0v) is 22.7. The number of hydrogen-bond donors (Lipinski definition) is 3. The highest BCUT2D eigenvalue weighted by Crippen LogP contribution is 2.41. The summed E-state index contributed by atoms with van der Waals surface area (Å²) in [5.74, 6) is -1.93. The summed E-state index contributed by atoms with van der Waals surface area (Å²) in [6.07, 6.45) is 1.82. The topological polar surface area (TPSA) is 74.3 Å². The lowest BCUT2D eigenvalue weighted by Crippen LogP contribution is -2.22. The van der Waals surface area contributed by atoms with Crippen molar-refractivity contribution in [3.63, 3.8) is 0 Å². The number of fused-ring (bicyclic) bond motifs is 1. The smallest absolute Gasteiger partial charge is 0.306 e. The fraction of sp³-hybridized carbons (Fsp3) is 0.500. The molecule has 3 rings (SSSR count). The zero-order valence-electron chi connectivity index (χ0n) is 22.7. The van der Waals surface area contributed by atoms with Crippen molar-refractivity contribution in [1.29, 1.82) is 0 Å². The van der Waals surface area contributed by atoms with Crippen LogP contribution in [-0.4, -0.2) is 42.4 Å². The quantitative estimate of drug-likeness (QED) is 0.186. The number of carbonyl (C=O) groups is 1. The average Bonchev–Trinajstić information content (AvgIpc) is 3.20. The molecule has 0 fully saturated rings. The van der Waals surface area contributed by atoms with E-state index >= 15 is 4.39 Å². The van der Waals surface area contributed by atoms with Crippen LogP contribution in [0, 0.1) is 30.4 Å². The fourth-order valence-corrected chi connectivity index (χ4v) is 4.95. The Hall–Kier alpha value is -3.00. The second-order valence-electron chi connectivity index (χ2n) is 10.4. The lowest BCUT2D eigenvalue weighted by molar-refractivity contribution is -0.141. The molecule has 3 aromatic rings. The molecule has 2 atom stereocenters. The summed E-state index contributed by atoms with van der Waals surface area (Å²) < 4.78 is 48.1. The molecular weight excluding hydrogens is 493 g/mol. The van der Waals surface area contributed by atoms with Gasteiger partial charge >= 0.3 is 5.97 Å². The first-order chi connectivity index (χ1) is 18.1. The highest BCUT2D eigenvalue weighted by molar-refractivity contribution is 5.85. The maximum absolute atomic E-state index is 15.6. The van der Waals surface area contributed by atoms with Gasteiger partial charge in [0.25, 0.3) is 0 Å². The molecule has 3 N–H and O–H groups in total. The minimum atomic E-state index is -0.903. The number of ether oxygens (including phenoxy) is 1. The van der Waals surface area contributed by atoms with Crippen molar-refractivity contribution in [2.75, 3.05) is 26.4 Å². The molecule has 0 saturated carbocycles. The molecule has 2 aromatic carbocycles. The van der Waals surface area contributed by atoms with Gasteiger partial charge in [0.15, 0.2) is 0 Å². The molecule has 0 radical (unpaired) electrons. The van der Waals surface area contributed by atoms with Crippen molar-refractivity contribution in [3.05, 3.63) is 64.4 Å². The van der Waals surface area contributed by atoms with Crippen molar-refractivity contribution in [2.45, 2.75) is 59.3 Å². The number of carboxylic acids is 1. The van der Waals surface area contributed by atoms with E-state index in [1.165, 1.54) is 18.2 Å². The number of benzene rings is 2. The van der Waals surface area contributed by atoms with Crippen LogP contribution in [0.15, 0.2) is 30.3 Å². The highest BCUT2D eigenvalue weighted by Gasteiger charge is 2.28. The van der Waals surface area contributed by atoms with Gasteiger partial charge in [-0.15, -0.1) is 0 Å². The summed E-state index contributed by atoms with van der Waals surface area (Å²) in [6.45, 7) is 8.64. The number of hydrogen-bond acceptors (Lipinski definition) is 3. The van der Waals surface area contributed by atoms with Gasteiger partial charge in [-0.1, -0.05) is 20.8 Å². The number of aromatic amines is 1. The predicted molar refractivity (Wildman–Crippen MR) is 145 cm³/mol. The number of aromatic nitrogens is 1. The van der Waals surface area contributed by atoms with Gasteiger partial charge in [-0.05, 0) is 86.5 Å². The van der Waals surface area contributed by atoms with Gasteiger partial charge in [0.1, 0.15) is 24.0 Å². The lowest BCUT2D eigenvalue weighted by Gasteiger charge is -2.24.